The van der Waals surface area contributed by atoms with Crippen molar-refractivity contribution in [3.8, 4) is 17.2 Å². The number of nitrogens with zero attached hydrogens (tertiary/aromatic N) is 1. The molecule has 3 heterocycles. The maximum Gasteiger partial charge on any atom is 0.340 e. The zero-order valence-corrected chi connectivity index (χ0v) is 30.6. The molecular formula is C41H50N2O9. The Hall–Kier alpha value is -4.74. The molecule has 278 valence electrons. The molecule has 3 aromatic carbocycles. The molecule has 11 heteroatoms. The van der Waals surface area contributed by atoms with E-state index in [2.05, 4.69) is 10.4 Å². The van der Waals surface area contributed by atoms with Gasteiger partial charge in [-0.25, -0.2) is 4.79 Å². The number of amides is 2. The van der Waals surface area contributed by atoms with Crippen LogP contribution in [0.4, 0.5) is 0 Å². The van der Waals surface area contributed by atoms with Gasteiger partial charge in [-0.15, -0.1) is 0 Å². The third-order valence-electron chi connectivity index (χ3n) is 9.88. The second kappa shape index (κ2) is 15.5. The summed E-state index contributed by atoms with van der Waals surface area (Å²) in [6.07, 6.45) is 3.89. The number of fused-ring (bicyclic) bond motifs is 6. The van der Waals surface area contributed by atoms with Gasteiger partial charge in [0.1, 0.15) is 17.2 Å². The van der Waals surface area contributed by atoms with E-state index in [1.807, 2.05) is 30.0 Å². The highest BCUT2D eigenvalue weighted by molar-refractivity contribution is 6.01. The first-order valence-electron chi connectivity index (χ1n) is 18.8. The molecule has 3 N–H and O–H groups in total. The predicted octanol–water partition coefficient (Wildman–Crippen LogP) is 6.03. The molecule has 52 heavy (non-hydrogen) atoms. The number of carbonyl (C=O) groups is 4. The number of hydrogen-bond acceptors (Lipinski definition) is 9. The molecule has 1 spiro atoms. The van der Waals surface area contributed by atoms with Crippen LogP contribution in [0, 0.1) is 17.8 Å². The largest absolute Gasteiger partial charge is 0.456 e. The fourth-order valence-electron chi connectivity index (χ4n) is 6.71. The van der Waals surface area contributed by atoms with E-state index in [1.165, 1.54) is 7.11 Å². The van der Waals surface area contributed by atoms with Crippen molar-refractivity contribution in [2.24, 2.45) is 10.8 Å². The highest BCUT2D eigenvalue weighted by Gasteiger charge is 2.53. The monoisotopic (exact) mass is 718 g/mol. The van der Waals surface area contributed by atoms with Crippen LogP contribution in [-0.2, 0) is 19.9 Å². The molecule has 1 fully saturated rings. The van der Waals surface area contributed by atoms with Gasteiger partial charge in [0, 0.05) is 69.5 Å². The van der Waals surface area contributed by atoms with E-state index in [0.717, 1.165) is 12.0 Å². The number of nitrogens with one attached hydrogen (secondary N) is 1. The van der Waals surface area contributed by atoms with Crippen molar-refractivity contribution in [2.75, 3.05) is 33.4 Å². The number of rotatable bonds is 9. The Balaban J connectivity index is 0.00000181. The van der Waals surface area contributed by atoms with Crippen molar-refractivity contribution in [3.05, 3.63) is 88.0 Å². The molecule has 1 unspecified atom stereocenters. The van der Waals surface area contributed by atoms with Crippen molar-refractivity contribution in [2.45, 2.75) is 78.7 Å². The summed E-state index contributed by atoms with van der Waals surface area (Å²) < 4.78 is 31.7. The van der Waals surface area contributed by atoms with Gasteiger partial charge in [-0.3, -0.25) is 14.4 Å². The first-order chi connectivity index (χ1) is 25.7. The molecule has 3 aliphatic heterocycles. The van der Waals surface area contributed by atoms with E-state index >= 15 is 0 Å². The molecule has 3 aliphatic rings. The van der Waals surface area contributed by atoms with E-state index in [9.17, 15) is 24.3 Å². The lowest BCUT2D eigenvalue weighted by molar-refractivity contribution is -0.143. The first-order valence-corrected chi connectivity index (χ1v) is 17.7. The summed E-state index contributed by atoms with van der Waals surface area (Å²) >= 11 is 0. The van der Waals surface area contributed by atoms with Gasteiger partial charge in [0.15, 0.2) is 5.60 Å². The van der Waals surface area contributed by atoms with Crippen molar-refractivity contribution >= 4 is 23.8 Å². The van der Waals surface area contributed by atoms with Gasteiger partial charge in [-0.05, 0) is 94.7 Å². The number of aliphatic hydroxyl groups is 2. The standard InChI is InChI=1S/C40H46N2O8.CH4O/c1-25-10-13-30-32(21-25)49-33-23-27(48-37(47)38(2,3)4)12-15-31(33)40(30)29-14-11-26(22-28(29)36(46)50-40)35(45)41-18-8-6-7-9-34(44)42-19-16-39(5,24-43)17-20-42;1-2/h10-15,21-23,43H,6-9,16-20,24H2,1-5H3,(H,41,45);2H,1H3/i5T;2T. The number of esters is 2. The summed E-state index contributed by atoms with van der Waals surface area (Å²) in [4.78, 5) is 53.9. The van der Waals surface area contributed by atoms with Gasteiger partial charge >= 0.3 is 11.9 Å². The second-order valence-corrected chi connectivity index (χ2v) is 14.8. The molecular weight excluding hydrogens is 664 g/mol. The lowest BCUT2D eigenvalue weighted by Gasteiger charge is -2.38. The van der Waals surface area contributed by atoms with Crippen LogP contribution in [0.1, 0.15) is 111 Å². The van der Waals surface area contributed by atoms with E-state index in [-0.39, 0.29) is 36.3 Å². The Morgan fingerprint density at radius 3 is 2.33 bits per heavy atom. The summed E-state index contributed by atoms with van der Waals surface area (Å²) in [7, 11) is 1.29. The Morgan fingerprint density at radius 1 is 0.981 bits per heavy atom. The molecule has 11 nitrogen and oxygen atoms in total. The zero-order valence-electron chi connectivity index (χ0n) is 32.6. The lowest BCUT2D eigenvalue weighted by Crippen LogP contribution is -2.43. The number of aliphatic hydroxyl groups excluding tert-OH is 2. The first kappa shape index (κ1) is 35.7. The Kier molecular flexibility index (Phi) is 10.6. The van der Waals surface area contributed by atoms with E-state index < -0.39 is 23.0 Å². The SMILES string of the molecule is [3H]CC1(CO)CCN(C(=O)CCCCCNC(=O)c2ccc3c(c2)C(=O)OC32c3ccc(C)cc3Oc3cc(OC(=O)C(C)(C)C)ccc32)CC1.[3H]OC. The van der Waals surface area contributed by atoms with Gasteiger partial charge in [-0.1, -0.05) is 31.5 Å². The van der Waals surface area contributed by atoms with Crippen LogP contribution in [0.25, 0.3) is 0 Å². The summed E-state index contributed by atoms with van der Waals surface area (Å²) in [6, 6.07) is 15.7. The van der Waals surface area contributed by atoms with E-state index in [4.69, 9.17) is 17.0 Å². The smallest absolute Gasteiger partial charge is 0.340 e. The van der Waals surface area contributed by atoms with Crippen LogP contribution in [0.2, 0.25) is 0 Å². The number of hydrogen-bond donors (Lipinski definition) is 3. The number of benzene rings is 3. The van der Waals surface area contributed by atoms with Gasteiger partial charge in [0.25, 0.3) is 5.91 Å². The van der Waals surface area contributed by atoms with Crippen LogP contribution >= 0.6 is 0 Å². The number of aryl methyl sites for hydroxylation is 1. The van der Waals surface area contributed by atoms with Crippen molar-refractivity contribution in [1.29, 1.82) is 1.43 Å². The Bertz CT molecular complexity index is 1880. The van der Waals surface area contributed by atoms with Crippen LogP contribution in [-0.4, -0.2) is 73.7 Å². The maximum atomic E-state index is 13.6. The third-order valence-corrected chi connectivity index (χ3v) is 9.88. The number of unbranched alkanes of at least 4 members (excludes halogenated alkanes) is 2. The molecule has 1 atom stereocenters. The normalized spacial score (nSPS) is 18.7. The Morgan fingerprint density at radius 2 is 1.65 bits per heavy atom. The lowest BCUT2D eigenvalue weighted by atomic mass is 9.77. The molecule has 6 rings (SSSR count). The van der Waals surface area contributed by atoms with Gasteiger partial charge in [0.05, 0.1) is 11.0 Å². The molecule has 0 radical (unpaired) electrons. The predicted molar refractivity (Wildman–Crippen MR) is 194 cm³/mol. The summed E-state index contributed by atoms with van der Waals surface area (Å²) in [5.41, 5.74) is 0.932. The highest BCUT2D eigenvalue weighted by atomic mass is 16.6. The minimum absolute atomic E-state index is 0.0152. The van der Waals surface area contributed by atoms with Crippen molar-refractivity contribution in [3.63, 3.8) is 0 Å². The molecule has 0 aliphatic carbocycles. The molecule has 0 bridgehead atoms. The summed E-state index contributed by atoms with van der Waals surface area (Å²) in [6.45, 7) is 8.98. The molecule has 0 aromatic heterocycles. The third kappa shape index (κ3) is 7.71. The fourth-order valence-corrected chi connectivity index (χ4v) is 6.71. The number of ether oxygens (including phenoxy) is 3. The quantitative estimate of drug-likeness (QED) is 0.137. The van der Waals surface area contributed by atoms with Crippen LogP contribution in [0.5, 0.6) is 17.2 Å². The maximum absolute atomic E-state index is 13.6. The average molecular weight is 719 g/mol. The number of piperidine rings is 1. The van der Waals surface area contributed by atoms with Crippen LogP contribution < -0.4 is 14.8 Å². The van der Waals surface area contributed by atoms with Crippen LogP contribution in [0.15, 0.2) is 54.6 Å². The van der Waals surface area contributed by atoms with E-state index in [0.29, 0.717) is 91.2 Å². The van der Waals surface area contributed by atoms with Crippen molar-refractivity contribution < 1.29 is 45.0 Å². The fraction of sp³-hybridized carbons (Fsp3) is 0.463. The van der Waals surface area contributed by atoms with Gasteiger partial charge < -0.3 is 34.6 Å². The Labute approximate surface area is 308 Å². The summed E-state index contributed by atoms with van der Waals surface area (Å²) in [5.74, 6) is 0.0193. The highest BCUT2D eigenvalue weighted by Crippen LogP contribution is 2.56. The second-order valence-electron chi connectivity index (χ2n) is 14.8. The molecule has 0 saturated carbocycles. The minimum atomic E-state index is -1.33. The van der Waals surface area contributed by atoms with Crippen molar-refractivity contribution in [1.82, 2.24) is 10.2 Å². The zero-order chi connectivity index (χ0) is 39.3. The van der Waals surface area contributed by atoms with Gasteiger partial charge in [0.2, 0.25) is 7.34 Å². The minimum Gasteiger partial charge on any atom is -0.456 e. The number of carbonyl (C=O) groups excluding carboxylic acids is 4. The molecule has 1 saturated heterocycles. The van der Waals surface area contributed by atoms with Crippen LogP contribution in [0.3, 0.4) is 0 Å². The molecule has 3 aromatic rings. The van der Waals surface area contributed by atoms with E-state index in [1.54, 1.807) is 57.2 Å². The average Bonchev–Trinajstić information content (AvgIpc) is 3.43. The molecule has 2 amide bonds. The van der Waals surface area contributed by atoms with Gasteiger partial charge in [-0.2, -0.15) is 0 Å². The topological polar surface area (TPSA) is 152 Å². The number of likely N-dealkylation sites (tertiary alicyclic amines) is 1. The summed E-state index contributed by atoms with van der Waals surface area (Å²) in [5, 5.41) is 16.1.